The maximum absolute atomic E-state index is 12.3. The van der Waals surface area contributed by atoms with E-state index < -0.39 is 12.0 Å². The van der Waals surface area contributed by atoms with Crippen LogP contribution in [0.25, 0.3) is 0 Å². The van der Waals surface area contributed by atoms with E-state index >= 15 is 0 Å². The average molecular weight is 277 g/mol. The maximum Gasteiger partial charge on any atom is 0.317 e. The van der Waals surface area contributed by atoms with Gasteiger partial charge >= 0.3 is 5.97 Å². The largest absolute Gasteiger partial charge is 0.480 e. The van der Waals surface area contributed by atoms with Crippen LogP contribution in [-0.2, 0) is 9.59 Å². The lowest BCUT2D eigenvalue weighted by atomic mass is 10.1. The summed E-state index contributed by atoms with van der Waals surface area (Å²) in [6, 6.07) is 8.61. The number of rotatable bonds is 4. The topological polar surface area (TPSA) is 86.9 Å². The predicted molar refractivity (Wildman–Crippen MR) is 74.0 cm³/mol. The number of carboxylic acids is 1. The smallest absolute Gasteiger partial charge is 0.317 e. The van der Waals surface area contributed by atoms with Gasteiger partial charge in [0, 0.05) is 26.2 Å². The first-order valence-corrected chi connectivity index (χ1v) is 6.61. The van der Waals surface area contributed by atoms with Gasteiger partial charge in [0.05, 0.1) is 6.54 Å². The number of nitrogens with zero attached hydrogens (tertiary/aromatic N) is 2. The Morgan fingerprint density at radius 3 is 2.30 bits per heavy atom. The number of carbonyl (C=O) groups excluding carboxylic acids is 1. The predicted octanol–water partition coefficient (Wildman–Crippen LogP) is -0.0848. The third kappa shape index (κ3) is 3.55. The van der Waals surface area contributed by atoms with Gasteiger partial charge in [-0.1, -0.05) is 30.3 Å². The highest BCUT2D eigenvalue weighted by atomic mass is 16.4. The number of aliphatic carboxylic acids is 1. The molecule has 0 saturated carbocycles. The monoisotopic (exact) mass is 277 g/mol. The summed E-state index contributed by atoms with van der Waals surface area (Å²) in [5, 5.41) is 8.74. The molecule has 2 rings (SSSR count). The summed E-state index contributed by atoms with van der Waals surface area (Å²) >= 11 is 0. The van der Waals surface area contributed by atoms with E-state index in [1.165, 1.54) is 0 Å². The fraction of sp³-hybridized carbons (Fsp3) is 0.429. The lowest BCUT2D eigenvalue weighted by Gasteiger charge is -2.35. The fourth-order valence-corrected chi connectivity index (χ4v) is 2.32. The zero-order valence-electron chi connectivity index (χ0n) is 11.2. The van der Waals surface area contributed by atoms with Gasteiger partial charge in [-0.25, -0.2) is 0 Å². The van der Waals surface area contributed by atoms with Crippen LogP contribution in [0.4, 0.5) is 0 Å². The summed E-state index contributed by atoms with van der Waals surface area (Å²) in [4.78, 5) is 26.5. The van der Waals surface area contributed by atoms with E-state index in [4.69, 9.17) is 10.8 Å². The van der Waals surface area contributed by atoms with Crippen LogP contribution in [0.1, 0.15) is 11.6 Å². The molecule has 1 aliphatic heterocycles. The van der Waals surface area contributed by atoms with Crippen molar-refractivity contribution in [2.45, 2.75) is 6.04 Å². The fourth-order valence-electron chi connectivity index (χ4n) is 2.32. The van der Waals surface area contributed by atoms with E-state index in [2.05, 4.69) is 0 Å². The van der Waals surface area contributed by atoms with E-state index in [0.717, 1.165) is 5.56 Å². The molecular formula is C14H19N3O3. The van der Waals surface area contributed by atoms with E-state index in [0.29, 0.717) is 26.2 Å². The Morgan fingerprint density at radius 1 is 1.15 bits per heavy atom. The van der Waals surface area contributed by atoms with Crippen LogP contribution in [0, 0.1) is 0 Å². The second kappa shape index (κ2) is 6.49. The van der Waals surface area contributed by atoms with Crippen molar-refractivity contribution in [1.29, 1.82) is 0 Å². The molecule has 20 heavy (non-hydrogen) atoms. The molecule has 1 aliphatic rings. The molecule has 0 aliphatic carbocycles. The van der Waals surface area contributed by atoms with Crippen molar-refractivity contribution < 1.29 is 14.7 Å². The lowest BCUT2D eigenvalue weighted by molar-refractivity contribution is -0.139. The highest BCUT2D eigenvalue weighted by molar-refractivity contribution is 5.83. The molecule has 1 amide bonds. The number of hydrogen-bond donors (Lipinski definition) is 2. The second-order valence-corrected chi connectivity index (χ2v) is 4.88. The maximum atomic E-state index is 12.3. The molecule has 1 saturated heterocycles. The van der Waals surface area contributed by atoms with Gasteiger partial charge in [-0.2, -0.15) is 0 Å². The van der Waals surface area contributed by atoms with Crippen molar-refractivity contribution in [3.63, 3.8) is 0 Å². The summed E-state index contributed by atoms with van der Waals surface area (Å²) in [6.45, 7) is 2.20. The second-order valence-electron chi connectivity index (χ2n) is 4.88. The minimum absolute atomic E-state index is 0.0206. The average Bonchev–Trinajstić information content (AvgIpc) is 2.47. The Balaban J connectivity index is 1.90. The van der Waals surface area contributed by atoms with Gasteiger partial charge in [-0.3, -0.25) is 14.5 Å². The van der Waals surface area contributed by atoms with Crippen molar-refractivity contribution >= 4 is 11.9 Å². The van der Waals surface area contributed by atoms with E-state index in [9.17, 15) is 9.59 Å². The Kier molecular flexibility index (Phi) is 4.70. The summed E-state index contributed by atoms with van der Waals surface area (Å²) in [5.41, 5.74) is 6.78. The Morgan fingerprint density at radius 2 is 1.75 bits per heavy atom. The molecule has 1 aromatic rings. The van der Waals surface area contributed by atoms with Crippen LogP contribution < -0.4 is 5.73 Å². The molecule has 1 heterocycles. The van der Waals surface area contributed by atoms with E-state index in [-0.39, 0.29) is 12.5 Å². The van der Waals surface area contributed by atoms with Crippen molar-refractivity contribution in [2.75, 3.05) is 32.7 Å². The molecule has 6 heteroatoms. The third-order valence-corrected chi connectivity index (χ3v) is 3.47. The molecule has 0 aromatic heterocycles. The molecular weight excluding hydrogens is 258 g/mol. The summed E-state index contributed by atoms with van der Waals surface area (Å²) in [5.74, 6) is -0.947. The van der Waals surface area contributed by atoms with E-state index in [1.807, 2.05) is 35.2 Å². The van der Waals surface area contributed by atoms with Gasteiger partial charge in [0.15, 0.2) is 0 Å². The number of benzene rings is 1. The van der Waals surface area contributed by atoms with Crippen molar-refractivity contribution in [1.82, 2.24) is 9.80 Å². The molecule has 1 aromatic carbocycles. The third-order valence-electron chi connectivity index (χ3n) is 3.47. The first-order chi connectivity index (χ1) is 9.58. The Labute approximate surface area is 117 Å². The summed E-state index contributed by atoms with van der Waals surface area (Å²) in [6.07, 6.45) is 0. The molecule has 1 atom stereocenters. The van der Waals surface area contributed by atoms with Gasteiger partial charge in [-0.05, 0) is 5.56 Å². The normalized spacial score (nSPS) is 17.8. The van der Waals surface area contributed by atoms with Gasteiger partial charge in [-0.15, -0.1) is 0 Å². The summed E-state index contributed by atoms with van der Waals surface area (Å²) in [7, 11) is 0. The number of hydrogen-bond acceptors (Lipinski definition) is 4. The molecule has 0 bridgehead atoms. The van der Waals surface area contributed by atoms with Crippen LogP contribution in [0.15, 0.2) is 30.3 Å². The van der Waals surface area contributed by atoms with Gasteiger partial charge in [0.2, 0.25) is 5.91 Å². The molecule has 108 valence electrons. The quantitative estimate of drug-likeness (QED) is 0.803. The van der Waals surface area contributed by atoms with Gasteiger partial charge in [0.25, 0.3) is 0 Å². The molecule has 0 radical (unpaired) electrons. The highest BCUT2D eigenvalue weighted by Crippen LogP contribution is 2.14. The molecule has 6 nitrogen and oxygen atoms in total. The Hall–Kier alpha value is -1.92. The first-order valence-electron chi connectivity index (χ1n) is 6.61. The molecule has 1 fully saturated rings. The SMILES string of the molecule is N[C@@H](C(=O)N1CCN(CC(=O)O)CC1)c1ccccc1. The van der Waals surface area contributed by atoms with Crippen LogP contribution >= 0.6 is 0 Å². The Bertz CT molecular complexity index is 470. The number of amides is 1. The van der Waals surface area contributed by atoms with E-state index in [1.54, 1.807) is 4.90 Å². The van der Waals surface area contributed by atoms with Crippen molar-refractivity contribution in [3.05, 3.63) is 35.9 Å². The first kappa shape index (κ1) is 14.5. The van der Waals surface area contributed by atoms with Crippen molar-refractivity contribution in [3.8, 4) is 0 Å². The minimum atomic E-state index is -0.842. The van der Waals surface area contributed by atoms with Crippen LogP contribution in [0.2, 0.25) is 0 Å². The molecule has 0 unspecified atom stereocenters. The summed E-state index contributed by atoms with van der Waals surface area (Å²) < 4.78 is 0. The minimum Gasteiger partial charge on any atom is -0.480 e. The number of nitrogens with two attached hydrogens (primary N) is 1. The van der Waals surface area contributed by atoms with Crippen molar-refractivity contribution in [2.24, 2.45) is 5.73 Å². The lowest BCUT2D eigenvalue weighted by Crippen LogP contribution is -2.51. The number of piperazine rings is 1. The molecule has 3 N–H and O–H groups in total. The van der Waals surface area contributed by atoms with Crippen LogP contribution in [0.5, 0.6) is 0 Å². The molecule has 0 spiro atoms. The van der Waals surface area contributed by atoms with Gasteiger partial charge < -0.3 is 15.7 Å². The van der Waals surface area contributed by atoms with Gasteiger partial charge in [0.1, 0.15) is 6.04 Å². The standard InChI is InChI=1S/C14H19N3O3/c15-13(11-4-2-1-3-5-11)14(20)17-8-6-16(7-9-17)10-12(18)19/h1-5,13H,6-10,15H2,(H,18,19)/t13-/m1/s1. The van der Waals surface area contributed by atoms with Crippen LogP contribution in [0.3, 0.4) is 0 Å². The number of carboxylic acid groups (broad SMARTS) is 1. The zero-order chi connectivity index (χ0) is 14.5. The number of carbonyl (C=O) groups is 2. The van der Waals surface area contributed by atoms with Crippen LogP contribution in [-0.4, -0.2) is 59.5 Å². The zero-order valence-corrected chi connectivity index (χ0v) is 11.2. The highest BCUT2D eigenvalue weighted by Gasteiger charge is 2.26.